The van der Waals surface area contributed by atoms with E-state index in [1.54, 1.807) is 24.3 Å². The molecule has 0 aromatic heterocycles. The first-order valence-electron chi connectivity index (χ1n) is 8.30. The number of fused-ring (bicyclic) bond motifs is 2. The van der Waals surface area contributed by atoms with Crippen LogP contribution in [0, 0.1) is 17.8 Å². The van der Waals surface area contributed by atoms with Gasteiger partial charge >= 0.3 is 13.3 Å². The zero-order valence-electron chi connectivity index (χ0n) is 13.2. The molecule has 2 aliphatic carbocycles. The molecule has 0 radical (unpaired) electrons. The smallest absolute Gasteiger partial charge is 0.315 e. The molecule has 4 rings (SSSR count). The molecule has 2 aliphatic rings. The van der Waals surface area contributed by atoms with Gasteiger partial charge in [-0.05, 0) is 48.9 Å². The lowest BCUT2D eigenvalue weighted by atomic mass is 9.94. The number of benzene rings is 2. The van der Waals surface area contributed by atoms with Crippen LogP contribution in [0.5, 0.6) is 0 Å². The van der Waals surface area contributed by atoms with E-state index >= 15 is 0 Å². The van der Waals surface area contributed by atoms with Crippen molar-refractivity contribution in [2.45, 2.75) is 12.8 Å². The van der Waals surface area contributed by atoms with Crippen LogP contribution in [-0.2, 0) is 13.9 Å². The number of rotatable bonds is 4. The van der Waals surface area contributed by atoms with E-state index in [1.807, 2.05) is 36.4 Å². The van der Waals surface area contributed by atoms with Gasteiger partial charge in [-0.2, -0.15) is 0 Å². The van der Waals surface area contributed by atoms with Gasteiger partial charge < -0.3 is 4.52 Å². The molecule has 0 aliphatic heterocycles. The van der Waals surface area contributed by atoms with Crippen molar-refractivity contribution >= 4 is 23.9 Å². The van der Waals surface area contributed by atoms with Gasteiger partial charge in [-0.25, -0.2) is 0 Å². The molecule has 0 N–H and O–H groups in total. The highest BCUT2D eigenvalue weighted by atomic mass is 31.2. The van der Waals surface area contributed by atoms with E-state index in [4.69, 9.17) is 4.52 Å². The van der Waals surface area contributed by atoms with Crippen LogP contribution < -0.4 is 10.6 Å². The van der Waals surface area contributed by atoms with Crippen molar-refractivity contribution in [2.24, 2.45) is 17.8 Å². The minimum absolute atomic E-state index is 0.166. The van der Waals surface area contributed by atoms with Crippen LogP contribution in [0.3, 0.4) is 0 Å². The molecular weight excluding hydrogens is 319 g/mol. The largest absolute Gasteiger partial charge is 0.404 e. The summed E-state index contributed by atoms with van der Waals surface area (Å²) in [4.78, 5) is 12.8. The van der Waals surface area contributed by atoms with E-state index in [0.29, 0.717) is 16.5 Å². The summed E-state index contributed by atoms with van der Waals surface area (Å²) in [5.74, 6) is 0.214. The van der Waals surface area contributed by atoms with Crippen LogP contribution in [0.1, 0.15) is 12.8 Å². The van der Waals surface area contributed by atoms with Gasteiger partial charge in [0.25, 0.3) is 0 Å². The normalized spacial score (nSPS) is 24.9. The van der Waals surface area contributed by atoms with Gasteiger partial charge in [-0.15, -0.1) is 0 Å². The third kappa shape index (κ3) is 2.63. The number of carbonyl (C=O) groups excluding carboxylic acids is 1. The standard InChI is InChI=1S/C20H19O3P/c21-20(19-14-15-11-12-16(19)13-15)23-24(22,17-7-3-1-4-8-17)18-9-5-2-6-10-18/h1-12,15-16,19H,13-14H2. The maximum Gasteiger partial charge on any atom is 0.315 e. The summed E-state index contributed by atoms with van der Waals surface area (Å²) in [5, 5.41) is 1.12. The first-order chi connectivity index (χ1) is 11.7. The molecule has 2 aromatic rings. The highest BCUT2D eigenvalue weighted by Crippen LogP contribution is 2.49. The molecule has 24 heavy (non-hydrogen) atoms. The number of hydrogen-bond acceptors (Lipinski definition) is 3. The lowest BCUT2D eigenvalue weighted by Gasteiger charge is -2.23. The predicted octanol–water partition coefficient (Wildman–Crippen LogP) is 3.67. The van der Waals surface area contributed by atoms with Crippen molar-refractivity contribution in [2.75, 3.05) is 0 Å². The fraction of sp³-hybridized carbons (Fsp3) is 0.250. The van der Waals surface area contributed by atoms with E-state index in [0.717, 1.165) is 12.8 Å². The average molecular weight is 338 g/mol. The van der Waals surface area contributed by atoms with Crippen molar-refractivity contribution in [3.05, 3.63) is 72.8 Å². The Bertz CT molecular complexity index is 770. The Hall–Kier alpha value is -2.12. The monoisotopic (exact) mass is 338 g/mol. The van der Waals surface area contributed by atoms with Crippen LogP contribution in [0.2, 0.25) is 0 Å². The molecule has 0 amide bonds. The second kappa shape index (κ2) is 6.07. The molecule has 3 nitrogen and oxygen atoms in total. The van der Waals surface area contributed by atoms with Crippen LogP contribution in [0.4, 0.5) is 0 Å². The Morgan fingerprint density at radius 3 is 1.92 bits per heavy atom. The topological polar surface area (TPSA) is 43.4 Å². The Morgan fingerprint density at radius 1 is 0.875 bits per heavy atom. The van der Waals surface area contributed by atoms with Gasteiger partial charge in [0.15, 0.2) is 0 Å². The molecule has 2 aromatic carbocycles. The van der Waals surface area contributed by atoms with Crippen molar-refractivity contribution in [1.82, 2.24) is 0 Å². The van der Waals surface area contributed by atoms with E-state index in [9.17, 15) is 9.36 Å². The van der Waals surface area contributed by atoms with Gasteiger partial charge in [0.05, 0.1) is 16.5 Å². The molecule has 0 heterocycles. The predicted molar refractivity (Wildman–Crippen MR) is 94.7 cm³/mol. The van der Waals surface area contributed by atoms with Crippen molar-refractivity contribution in [1.29, 1.82) is 0 Å². The third-order valence-corrected chi connectivity index (χ3v) is 7.39. The Kier molecular flexibility index (Phi) is 3.90. The average Bonchev–Trinajstić information content (AvgIpc) is 3.26. The van der Waals surface area contributed by atoms with E-state index in [-0.39, 0.29) is 17.8 Å². The molecule has 0 spiro atoms. The summed E-state index contributed by atoms with van der Waals surface area (Å²) in [6.45, 7) is 0. The van der Waals surface area contributed by atoms with Gasteiger partial charge in [-0.1, -0.05) is 48.6 Å². The fourth-order valence-electron chi connectivity index (χ4n) is 3.75. The van der Waals surface area contributed by atoms with Crippen LogP contribution in [0.15, 0.2) is 72.8 Å². The maximum atomic E-state index is 13.7. The van der Waals surface area contributed by atoms with Gasteiger partial charge in [0.1, 0.15) is 0 Å². The van der Waals surface area contributed by atoms with E-state index in [1.165, 1.54) is 0 Å². The van der Waals surface area contributed by atoms with Crippen molar-refractivity contribution < 1.29 is 13.9 Å². The second-order valence-corrected chi connectivity index (χ2v) is 8.84. The van der Waals surface area contributed by atoms with E-state index < -0.39 is 7.37 Å². The molecule has 1 saturated carbocycles. The SMILES string of the molecule is O=C(OP(=O)(c1ccccc1)c1ccccc1)C1CC2C=CC1C2. The highest BCUT2D eigenvalue weighted by Gasteiger charge is 2.43. The summed E-state index contributed by atoms with van der Waals surface area (Å²) >= 11 is 0. The summed E-state index contributed by atoms with van der Waals surface area (Å²) in [6, 6.07) is 18.1. The number of carbonyl (C=O) groups is 1. The first kappa shape index (κ1) is 15.4. The van der Waals surface area contributed by atoms with Crippen LogP contribution >= 0.6 is 7.37 Å². The number of allylic oxidation sites excluding steroid dienone is 2. The molecule has 3 unspecified atom stereocenters. The minimum atomic E-state index is -3.43. The van der Waals surface area contributed by atoms with Crippen LogP contribution in [0.25, 0.3) is 0 Å². The quantitative estimate of drug-likeness (QED) is 0.631. The summed E-state index contributed by atoms with van der Waals surface area (Å²) in [5.41, 5.74) is 0. The zero-order valence-corrected chi connectivity index (χ0v) is 14.1. The number of hydrogen-bond donors (Lipinski definition) is 0. The molecular formula is C20H19O3P. The van der Waals surface area contributed by atoms with Crippen molar-refractivity contribution in [3.8, 4) is 0 Å². The third-order valence-electron chi connectivity index (χ3n) is 4.99. The summed E-state index contributed by atoms with van der Waals surface area (Å²) in [7, 11) is -3.43. The molecule has 1 fully saturated rings. The zero-order chi connectivity index (χ0) is 16.6. The minimum Gasteiger partial charge on any atom is -0.404 e. The summed E-state index contributed by atoms with van der Waals surface area (Å²) in [6.07, 6.45) is 6.11. The molecule has 122 valence electrons. The second-order valence-electron chi connectivity index (χ2n) is 6.52. The lowest BCUT2D eigenvalue weighted by Crippen LogP contribution is -2.26. The van der Waals surface area contributed by atoms with Gasteiger partial charge in [0, 0.05) is 0 Å². The summed E-state index contributed by atoms with van der Waals surface area (Å²) < 4.78 is 19.5. The molecule has 3 atom stereocenters. The Morgan fingerprint density at radius 2 is 1.46 bits per heavy atom. The first-order valence-corrected chi connectivity index (χ1v) is 9.92. The molecule has 4 heteroatoms. The van der Waals surface area contributed by atoms with Crippen LogP contribution in [-0.4, -0.2) is 5.97 Å². The van der Waals surface area contributed by atoms with Gasteiger partial charge in [-0.3, -0.25) is 9.36 Å². The Labute approximate surface area is 141 Å². The molecule has 2 bridgehead atoms. The lowest BCUT2D eigenvalue weighted by molar-refractivity contribution is -0.139. The van der Waals surface area contributed by atoms with Crippen molar-refractivity contribution in [3.63, 3.8) is 0 Å². The highest BCUT2D eigenvalue weighted by molar-refractivity contribution is 7.74. The fourth-order valence-corrected chi connectivity index (χ4v) is 5.78. The van der Waals surface area contributed by atoms with E-state index in [2.05, 4.69) is 12.2 Å². The Balaban J connectivity index is 1.68. The maximum absolute atomic E-state index is 13.7. The van der Waals surface area contributed by atoms with Gasteiger partial charge in [0.2, 0.25) is 0 Å². The molecule has 0 saturated heterocycles.